The number of carbonyl (C=O) groups is 1. The van der Waals surface area contributed by atoms with Gasteiger partial charge in [-0.25, -0.2) is 0 Å². The van der Waals surface area contributed by atoms with Crippen LogP contribution in [0.5, 0.6) is 11.5 Å². The summed E-state index contributed by atoms with van der Waals surface area (Å²) in [7, 11) is 1.60. The average molecular weight is 262 g/mol. The third kappa shape index (κ3) is 3.49. The molecule has 3 heteroatoms. The maximum Gasteiger partial charge on any atom is 0.161 e. The Hall–Kier alpha value is -1.51. The Labute approximate surface area is 114 Å². The molecule has 104 valence electrons. The zero-order valence-electron chi connectivity index (χ0n) is 11.7. The van der Waals surface area contributed by atoms with E-state index in [-0.39, 0.29) is 6.10 Å². The van der Waals surface area contributed by atoms with Crippen molar-refractivity contribution in [2.45, 2.75) is 45.1 Å². The molecule has 1 saturated carbocycles. The molecule has 1 aliphatic rings. The number of hydrogen-bond donors (Lipinski definition) is 0. The van der Waals surface area contributed by atoms with E-state index in [1.54, 1.807) is 19.2 Å². The lowest BCUT2D eigenvalue weighted by molar-refractivity contribution is 0.112. The van der Waals surface area contributed by atoms with E-state index in [0.717, 1.165) is 30.8 Å². The van der Waals surface area contributed by atoms with E-state index >= 15 is 0 Å². The topological polar surface area (TPSA) is 35.5 Å². The predicted octanol–water partition coefficient (Wildman–Crippen LogP) is 3.86. The highest BCUT2D eigenvalue weighted by Crippen LogP contribution is 2.33. The second-order valence-corrected chi connectivity index (χ2v) is 5.20. The highest BCUT2D eigenvalue weighted by Gasteiger charge is 2.22. The minimum Gasteiger partial charge on any atom is -0.493 e. The zero-order chi connectivity index (χ0) is 13.7. The first-order chi connectivity index (χ1) is 9.26. The molecule has 3 nitrogen and oxygen atoms in total. The normalized spacial score (nSPS) is 22.8. The van der Waals surface area contributed by atoms with Crippen LogP contribution in [-0.2, 0) is 0 Å². The van der Waals surface area contributed by atoms with Crippen LogP contribution < -0.4 is 9.47 Å². The van der Waals surface area contributed by atoms with Gasteiger partial charge in [0, 0.05) is 5.56 Å². The molecule has 0 aliphatic heterocycles. The molecule has 1 aromatic rings. The van der Waals surface area contributed by atoms with E-state index in [2.05, 4.69) is 6.92 Å². The summed E-state index contributed by atoms with van der Waals surface area (Å²) in [6, 6.07) is 5.32. The van der Waals surface area contributed by atoms with Gasteiger partial charge in [0.1, 0.15) is 6.29 Å². The van der Waals surface area contributed by atoms with Crippen molar-refractivity contribution in [2.75, 3.05) is 7.11 Å². The molecule has 19 heavy (non-hydrogen) atoms. The van der Waals surface area contributed by atoms with Crippen molar-refractivity contribution < 1.29 is 14.3 Å². The molecule has 0 atom stereocenters. The third-order valence-corrected chi connectivity index (χ3v) is 3.99. The van der Waals surface area contributed by atoms with E-state index in [1.165, 1.54) is 19.3 Å². The van der Waals surface area contributed by atoms with Crippen LogP contribution in [0.25, 0.3) is 0 Å². The quantitative estimate of drug-likeness (QED) is 0.756. The highest BCUT2D eigenvalue weighted by atomic mass is 16.5. The monoisotopic (exact) mass is 262 g/mol. The molecule has 0 saturated heterocycles. The maximum absolute atomic E-state index is 10.7. The SMILES string of the molecule is CCC1CCC(Oc2ccc(C=O)cc2OC)CC1. The Kier molecular flexibility index (Phi) is 4.83. The minimum atomic E-state index is 0.277. The Bertz CT molecular complexity index is 420. The lowest BCUT2D eigenvalue weighted by Crippen LogP contribution is -2.24. The second kappa shape index (κ2) is 6.60. The summed E-state index contributed by atoms with van der Waals surface area (Å²) in [5, 5.41) is 0. The molecule has 2 rings (SSSR count). The number of carbonyl (C=O) groups excluding carboxylic acids is 1. The molecular weight excluding hydrogens is 240 g/mol. The first-order valence-corrected chi connectivity index (χ1v) is 7.06. The van der Waals surface area contributed by atoms with Crippen LogP contribution in [0.2, 0.25) is 0 Å². The van der Waals surface area contributed by atoms with Crippen molar-refractivity contribution in [2.24, 2.45) is 5.92 Å². The Balaban J connectivity index is 2.01. The first kappa shape index (κ1) is 13.9. The maximum atomic E-state index is 10.7. The summed E-state index contributed by atoms with van der Waals surface area (Å²) in [4.78, 5) is 10.7. The Morgan fingerprint density at radius 2 is 1.95 bits per heavy atom. The molecule has 1 aliphatic carbocycles. The minimum absolute atomic E-state index is 0.277. The third-order valence-electron chi connectivity index (χ3n) is 3.99. The molecule has 0 spiro atoms. The lowest BCUT2D eigenvalue weighted by Gasteiger charge is -2.28. The van der Waals surface area contributed by atoms with Crippen molar-refractivity contribution in [1.29, 1.82) is 0 Å². The fourth-order valence-corrected chi connectivity index (χ4v) is 2.69. The predicted molar refractivity (Wildman–Crippen MR) is 75.0 cm³/mol. The summed E-state index contributed by atoms with van der Waals surface area (Å²) in [5.41, 5.74) is 0.610. The largest absolute Gasteiger partial charge is 0.493 e. The number of benzene rings is 1. The van der Waals surface area contributed by atoms with Gasteiger partial charge in [0.2, 0.25) is 0 Å². The van der Waals surface area contributed by atoms with Gasteiger partial charge in [-0.1, -0.05) is 13.3 Å². The molecule has 0 aromatic heterocycles. The van der Waals surface area contributed by atoms with Crippen molar-refractivity contribution in [1.82, 2.24) is 0 Å². The Morgan fingerprint density at radius 3 is 2.53 bits per heavy atom. The van der Waals surface area contributed by atoms with Gasteiger partial charge in [-0.05, 0) is 49.8 Å². The average Bonchev–Trinajstić information content (AvgIpc) is 2.48. The van der Waals surface area contributed by atoms with Crippen LogP contribution in [0.4, 0.5) is 0 Å². The highest BCUT2D eigenvalue weighted by molar-refractivity contribution is 5.76. The van der Waals surface area contributed by atoms with Gasteiger partial charge in [-0.3, -0.25) is 4.79 Å². The van der Waals surface area contributed by atoms with E-state index in [4.69, 9.17) is 9.47 Å². The summed E-state index contributed by atoms with van der Waals surface area (Å²) in [6.07, 6.45) is 7.07. The van der Waals surface area contributed by atoms with E-state index in [9.17, 15) is 4.79 Å². The van der Waals surface area contributed by atoms with Crippen molar-refractivity contribution in [3.63, 3.8) is 0 Å². The number of rotatable bonds is 5. The summed E-state index contributed by atoms with van der Waals surface area (Å²) in [6.45, 7) is 2.26. The molecule has 0 bridgehead atoms. The van der Waals surface area contributed by atoms with E-state index in [0.29, 0.717) is 11.3 Å². The van der Waals surface area contributed by atoms with Crippen LogP contribution in [-0.4, -0.2) is 19.5 Å². The van der Waals surface area contributed by atoms with Crippen LogP contribution in [0.15, 0.2) is 18.2 Å². The molecule has 0 N–H and O–H groups in total. The van der Waals surface area contributed by atoms with Gasteiger partial charge < -0.3 is 9.47 Å². The molecule has 0 unspecified atom stereocenters. The smallest absolute Gasteiger partial charge is 0.161 e. The zero-order valence-corrected chi connectivity index (χ0v) is 11.7. The molecule has 0 heterocycles. The van der Waals surface area contributed by atoms with Crippen LogP contribution in [0.1, 0.15) is 49.4 Å². The van der Waals surface area contributed by atoms with Gasteiger partial charge in [0.05, 0.1) is 13.2 Å². The second-order valence-electron chi connectivity index (χ2n) is 5.20. The number of aldehydes is 1. The van der Waals surface area contributed by atoms with Crippen molar-refractivity contribution >= 4 is 6.29 Å². The summed E-state index contributed by atoms with van der Waals surface area (Å²) in [5.74, 6) is 2.24. The van der Waals surface area contributed by atoms with Crippen LogP contribution in [0.3, 0.4) is 0 Å². The summed E-state index contributed by atoms with van der Waals surface area (Å²) >= 11 is 0. The molecule has 1 aromatic carbocycles. The van der Waals surface area contributed by atoms with Gasteiger partial charge >= 0.3 is 0 Å². The standard InChI is InChI=1S/C16H22O3/c1-3-12-4-7-14(8-5-12)19-15-9-6-13(11-17)10-16(15)18-2/h6,9-12,14H,3-5,7-8H2,1-2H3. The molecular formula is C16H22O3. The summed E-state index contributed by atoms with van der Waals surface area (Å²) < 4.78 is 11.3. The number of methoxy groups -OCH3 is 1. The van der Waals surface area contributed by atoms with Crippen LogP contribution in [0, 0.1) is 5.92 Å². The number of ether oxygens (including phenoxy) is 2. The molecule has 0 amide bonds. The van der Waals surface area contributed by atoms with E-state index in [1.807, 2.05) is 6.07 Å². The van der Waals surface area contributed by atoms with Crippen molar-refractivity contribution in [3.8, 4) is 11.5 Å². The molecule has 1 fully saturated rings. The van der Waals surface area contributed by atoms with Gasteiger partial charge in [0.25, 0.3) is 0 Å². The van der Waals surface area contributed by atoms with E-state index < -0.39 is 0 Å². The van der Waals surface area contributed by atoms with Crippen LogP contribution >= 0.6 is 0 Å². The first-order valence-electron chi connectivity index (χ1n) is 7.06. The molecule has 0 radical (unpaired) electrons. The Morgan fingerprint density at radius 1 is 1.21 bits per heavy atom. The fourth-order valence-electron chi connectivity index (χ4n) is 2.69. The number of hydrogen-bond acceptors (Lipinski definition) is 3. The van der Waals surface area contributed by atoms with Gasteiger partial charge in [0.15, 0.2) is 11.5 Å². The van der Waals surface area contributed by atoms with Gasteiger partial charge in [-0.2, -0.15) is 0 Å². The van der Waals surface area contributed by atoms with Gasteiger partial charge in [-0.15, -0.1) is 0 Å². The fraction of sp³-hybridized carbons (Fsp3) is 0.562. The lowest BCUT2D eigenvalue weighted by atomic mass is 9.86. The van der Waals surface area contributed by atoms with Crippen molar-refractivity contribution in [3.05, 3.63) is 23.8 Å².